The van der Waals surface area contributed by atoms with Gasteiger partial charge in [0.25, 0.3) is 0 Å². The van der Waals surface area contributed by atoms with Crippen molar-refractivity contribution in [3.8, 4) is 56.3 Å². The molecule has 0 radical (unpaired) electrons. The van der Waals surface area contributed by atoms with Gasteiger partial charge in [-0.25, -0.2) is 9.97 Å². The van der Waals surface area contributed by atoms with Crippen molar-refractivity contribution in [3.05, 3.63) is 194 Å². The van der Waals surface area contributed by atoms with Crippen molar-refractivity contribution in [1.29, 1.82) is 0 Å². The van der Waals surface area contributed by atoms with E-state index in [1.54, 1.807) is 0 Å². The van der Waals surface area contributed by atoms with E-state index in [1.807, 2.05) is 0 Å². The minimum Gasteiger partial charge on any atom is -0.309 e. The molecule has 0 atom stereocenters. The van der Waals surface area contributed by atoms with Gasteiger partial charge in [0.2, 0.25) is 0 Å². The average Bonchev–Trinajstić information content (AvgIpc) is 3.92. The van der Waals surface area contributed by atoms with E-state index >= 15 is 0 Å². The summed E-state index contributed by atoms with van der Waals surface area (Å²) in [6.45, 7) is 0. The summed E-state index contributed by atoms with van der Waals surface area (Å²) >= 11 is 0. The first-order valence-electron chi connectivity index (χ1n) is 19.8. The van der Waals surface area contributed by atoms with E-state index in [0.29, 0.717) is 0 Å². The molecule has 0 amide bonds. The molecule has 3 heterocycles. The van der Waals surface area contributed by atoms with E-state index in [-0.39, 0.29) is 0 Å². The highest BCUT2D eigenvalue weighted by atomic mass is 15.0. The van der Waals surface area contributed by atoms with Crippen molar-refractivity contribution in [1.82, 2.24) is 19.1 Å². The fourth-order valence-electron chi connectivity index (χ4n) is 9.60. The second-order valence-corrected chi connectivity index (χ2v) is 15.4. The van der Waals surface area contributed by atoms with Gasteiger partial charge in [0, 0.05) is 49.4 Å². The van der Waals surface area contributed by atoms with Gasteiger partial charge in [0.15, 0.2) is 5.82 Å². The number of benzene rings is 9. The first-order valence-corrected chi connectivity index (χ1v) is 19.8. The summed E-state index contributed by atoms with van der Waals surface area (Å²) < 4.78 is 4.79. The van der Waals surface area contributed by atoms with Crippen LogP contribution in [-0.4, -0.2) is 19.1 Å². The van der Waals surface area contributed by atoms with Crippen LogP contribution in [0.3, 0.4) is 0 Å². The van der Waals surface area contributed by atoms with Crippen LogP contribution in [0, 0.1) is 0 Å². The fraction of sp³-hybridized carbons (Fsp3) is 0. The molecule has 1 aliphatic rings. The molecule has 12 aromatic rings. The number of aromatic nitrogens is 4. The lowest BCUT2D eigenvalue weighted by Crippen LogP contribution is -1.95. The standard InChI is InChI=1S/C54H32N4/c1-2-11-38(12-3-1)57-48-19-8-6-14-41(48)43-27-24-36(32-51(43)57)35-25-28-50-46(31-35)42-15-7-9-20-49(42)58(50)39-26-23-33-29-37(22-21-34(33)30-39)54-55-47-18-10-17-44-40-13-4-5-16-45(40)53(56-54)52(44)47/h1-32H. The van der Waals surface area contributed by atoms with Crippen molar-refractivity contribution < 1.29 is 0 Å². The van der Waals surface area contributed by atoms with E-state index in [9.17, 15) is 0 Å². The average molecular weight is 737 g/mol. The largest absolute Gasteiger partial charge is 0.309 e. The number of hydrogen-bond donors (Lipinski definition) is 0. The summed E-state index contributed by atoms with van der Waals surface area (Å²) in [7, 11) is 0. The van der Waals surface area contributed by atoms with Crippen molar-refractivity contribution in [3.63, 3.8) is 0 Å². The molecule has 4 heteroatoms. The zero-order valence-electron chi connectivity index (χ0n) is 31.3. The molecule has 9 aromatic carbocycles. The Balaban J connectivity index is 0.920. The van der Waals surface area contributed by atoms with Gasteiger partial charge in [-0.15, -0.1) is 0 Å². The Morgan fingerprint density at radius 3 is 1.81 bits per heavy atom. The minimum atomic E-state index is 0.751. The highest BCUT2D eigenvalue weighted by molar-refractivity contribution is 6.14. The summed E-state index contributed by atoms with van der Waals surface area (Å²) in [5.41, 5.74) is 16.1. The molecule has 0 fully saturated rings. The fourth-order valence-corrected chi connectivity index (χ4v) is 9.60. The maximum atomic E-state index is 5.17. The molecular formula is C54H32N4. The first-order chi connectivity index (χ1) is 28.7. The van der Waals surface area contributed by atoms with E-state index in [4.69, 9.17) is 9.97 Å². The van der Waals surface area contributed by atoms with Gasteiger partial charge in [0.1, 0.15) is 0 Å². The maximum absolute atomic E-state index is 5.17. The van der Waals surface area contributed by atoms with Crippen LogP contribution < -0.4 is 0 Å². The van der Waals surface area contributed by atoms with Gasteiger partial charge in [0.05, 0.1) is 33.3 Å². The zero-order valence-corrected chi connectivity index (χ0v) is 31.3. The Bertz CT molecular complexity index is 3680. The summed E-state index contributed by atoms with van der Waals surface area (Å²) in [6, 6.07) is 70.3. The first kappa shape index (κ1) is 31.4. The molecule has 0 bridgehead atoms. The van der Waals surface area contributed by atoms with Crippen molar-refractivity contribution in [2.24, 2.45) is 0 Å². The number of nitrogens with zero attached hydrogens (tertiary/aromatic N) is 4. The molecule has 3 aromatic heterocycles. The lowest BCUT2D eigenvalue weighted by molar-refractivity contribution is 1.18. The predicted molar refractivity (Wildman–Crippen MR) is 241 cm³/mol. The molecule has 0 spiro atoms. The summed E-state index contributed by atoms with van der Waals surface area (Å²) in [4.78, 5) is 10.3. The molecule has 1 aliphatic carbocycles. The smallest absolute Gasteiger partial charge is 0.160 e. The van der Waals surface area contributed by atoms with Crippen LogP contribution in [-0.2, 0) is 0 Å². The Morgan fingerprint density at radius 2 is 0.948 bits per heavy atom. The maximum Gasteiger partial charge on any atom is 0.160 e. The van der Waals surface area contributed by atoms with Crippen molar-refractivity contribution in [2.75, 3.05) is 0 Å². The highest BCUT2D eigenvalue weighted by Gasteiger charge is 2.24. The molecule has 0 saturated heterocycles. The zero-order chi connectivity index (χ0) is 37.9. The van der Waals surface area contributed by atoms with Crippen molar-refractivity contribution in [2.45, 2.75) is 0 Å². The van der Waals surface area contributed by atoms with Gasteiger partial charge < -0.3 is 9.13 Å². The summed E-state index contributed by atoms with van der Waals surface area (Å²) in [6.07, 6.45) is 0. The highest BCUT2D eigenvalue weighted by Crippen LogP contribution is 2.46. The third-order valence-corrected chi connectivity index (χ3v) is 12.2. The van der Waals surface area contributed by atoms with Gasteiger partial charge in [-0.3, -0.25) is 0 Å². The van der Waals surface area contributed by atoms with E-state index < -0.39 is 0 Å². The number of fused-ring (bicyclic) bond motifs is 10. The van der Waals surface area contributed by atoms with Gasteiger partial charge in [-0.2, -0.15) is 0 Å². The number of rotatable bonds is 4. The molecule has 268 valence electrons. The lowest BCUT2D eigenvalue weighted by atomic mass is 10.0. The second-order valence-electron chi connectivity index (χ2n) is 15.4. The van der Waals surface area contributed by atoms with E-state index in [0.717, 1.165) is 44.7 Å². The Hall–Kier alpha value is -7.82. The van der Waals surface area contributed by atoms with Crippen molar-refractivity contribution >= 4 is 65.3 Å². The Kier molecular flexibility index (Phi) is 6.41. The summed E-state index contributed by atoms with van der Waals surface area (Å²) in [5.74, 6) is 0.751. The molecule has 4 nitrogen and oxygen atoms in total. The quantitative estimate of drug-likeness (QED) is 0.180. The Morgan fingerprint density at radius 1 is 0.328 bits per heavy atom. The Labute approximate surface area is 333 Å². The molecule has 0 saturated carbocycles. The third kappa shape index (κ3) is 4.45. The number of para-hydroxylation sites is 3. The SMILES string of the molecule is c1ccc(-n2c3ccccc3c3ccc(-c4ccc5c(c4)c4ccccc4n5-c4ccc5cc(-c6nc7c8c(cccc8n6)-c6ccccc6-7)ccc5c4)cc32)cc1. The van der Waals surface area contributed by atoms with Gasteiger partial charge in [-0.05, 0) is 99.8 Å². The third-order valence-electron chi connectivity index (χ3n) is 12.2. The van der Waals surface area contributed by atoms with Crippen LogP contribution >= 0.6 is 0 Å². The van der Waals surface area contributed by atoms with E-state index in [1.165, 1.54) is 76.8 Å². The number of hydrogen-bond acceptors (Lipinski definition) is 2. The molecule has 0 N–H and O–H groups in total. The van der Waals surface area contributed by atoms with Gasteiger partial charge >= 0.3 is 0 Å². The molecule has 0 aliphatic heterocycles. The van der Waals surface area contributed by atoms with Crippen LogP contribution in [0.5, 0.6) is 0 Å². The predicted octanol–water partition coefficient (Wildman–Crippen LogP) is 14.0. The van der Waals surface area contributed by atoms with Crippen LogP contribution in [0.1, 0.15) is 0 Å². The van der Waals surface area contributed by atoms with Crippen LogP contribution in [0.4, 0.5) is 0 Å². The molecule has 13 rings (SSSR count). The molecule has 0 unspecified atom stereocenters. The van der Waals surface area contributed by atoms with Gasteiger partial charge in [-0.1, -0.05) is 127 Å². The normalized spacial score (nSPS) is 12.1. The summed E-state index contributed by atoms with van der Waals surface area (Å²) in [5, 5.41) is 8.46. The van der Waals surface area contributed by atoms with Crippen LogP contribution in [0.15, 0.2) is 194 Å². The monoisotopic (exact) mass is 736 g/mol. The minimum absolute atomic E-state index is 0.751. The van der Waals surface area contributed by atoms with Crippen LogP contribution in [0.25, 0.3) is 122 Å². The second kappa shape index (κ2) is 11.8. The van der Waals surface area contributed by atoms with Crippen LogP contribution in [0.2, 0.25) is 0 Å². The molecular weight excluding hydrogens is 705 g/mol. The van der Waals surface area contributed by atoms with E-state index in [2.05, 4.69) is 203 Å². The lowest BCUT2D eigenvalue weighted by Gasteiger charge is -2.11. The topological polar surface area (TPSA) is 35.6 Å². The molecule has 58 heavy (non-hydrogen) atoms.